The monoisotopic (exact) mass is 278 g/mol. The summed E-state index contributed by atoms with van der Waals surface area (Å²) in [4.78, 5) is 25.9. The van der Waals surface area contributed by atoms with Crippen molar-refractivity contribution in [2.24, 2.45) is 11.8 Å². The van der Waals surface area contributed by atoms with E-state index in [9.17, 15) is 9.59 Å². The van der Waals surface area contributed by atoms with Gasteiger partial charge in [-0.15, -0.1) is 0 Å². The summed E-state index contributed by atoms with van der Waals surface area (Å²) in [5.74, 6) is 0.833. The molecule has 110 valence electrons. The van der Waals surface area contributed by atoms with E-state index >= 15 is 0 Å². The number of likely N-dealkylation sites (tertiary alicyclic amines) is 1. The third-order valence-corrected chi connectivity index (χ3v) is 3.75. The number of rotatable bonds is 3. The van der Waals surface area contributed by atoms with Crippen LogP contribution in [-0.2, 0) is 9.59 Å². The van der Waals surface area contributed by atoms with Crippen molar-refractivity contribution >= 4 is 17.6 Å². The molecule has 0 radical (unpaired) electrons. The maximum absolute atomic E-state index is 12.2. The number of aromatic amines is 1. The van der Waals surface area contributed by atoms with Gasteiger partial charge in [-0.3, -0.25) is 14.7 Å². The van der Waals surface area contributed by atoms with Crippen molar-refractivity contribution in [3.8, 4) is 0 Å². The van der Waals surface area contributed by atoms with Crippen molar-refractivity contribution in [2.75, 3.05) is 18.4 Å². The largest absolute Gasteiger partial charge is 0.342 e. The van der Waals surface area contributed by atoms with Crippen LogP contribution in [0.25, 0.3) is 0 Å². The maximum Gasteiger partial charge on any atom is 0.228 e. The first-order valence-electron chi connectivity index (χ1n) is 7.08. The number of amides is 2. The molecule has 1 saturated heterocycles. The van der Waals surface area contributed by atoms with Gasteiger partial charge in [-0.2, -0.15) is 5.10 Å². The summed E-state index contributed by atoms with van der Waals surface area (Å²) in [5.41, 5.74) is 0.922. The van der Waals surface area contributed by atoms with Crippen LogP contribution in [-0.4, -0.2) is 40.0 Å². The molecule has 1 aromatic heterocycles. The first kappa shape index (κ1) is 14.6. The Hall–Kier alpha value is -1.85. The molecule has 0 bridgehead atoms. The predicted octanol–water partition coefficient (Wildman–Crippen LogP) is 1.55. The number of nitrogens with one attached hydrogen (secondary N) is 2. The van der Waals surface area contributed by atoms with Gasteiger partial charge in [0, 0.05) is 30.5 Å². The van der Waals surface area contributed by atoms with Crippen molar-refractivity contribution < 1.29 is 9.59 Å². The van der Waals surface area contributed by atoms with Gasteiger partial charge in [-0.25, -0.2) is 0 Å². The second-order valence-electron chi connectivity index (χ2n) is 5.67. The minimum Gasteiger partial charge on any atom is -0.342 e. The zero-order valence-electron chi connectivity index (χ0n) is 12.3. The molecule has 1 aliphatic heterocycles. The van der Waals surface area contributed by atoms with Gasteiger partial charge in [-0.1, -0.05) is 13.8 Å². The minimum atomic E-state index is -0.0334. The molecule has 0 unspecified atom stereocenters. The number of nitrogens with zero attached hydrogens (tertiary/aromatic N) is 2. The Morgan fingerprint density at radius 1 is 1.40 bits per heavy atom. The molecule has 6 heteroatoms. The van der Waals surface area contributed by atoms with Crippen LogP contribution in [0.5, 0.6) is 0 Å². The van der Waals surface area contributed by atoms with Crippen LogP contribution in [0.1, 0.15) is 32.3 Å². The molecule has 2 heterocycles. The highest BCUT2D eigenvalue weighted by Crippen LogP contribution is 2.21. The molecule has 1 fully saturated rings. The molecule has 0 aromatic carbocycles. The fourth-order valence-electron chi connectivity index (χ4n) is 2.43. The van der Waals surface area contributed by atoms with E-state index in [2.05, 4.69) is 15.5 Å². The lowest BCUT2D eigenvalue weighted by Crippen LogP contribution is -2.43. The van der Waals surface area contributed by atoms with Gasteiger partial charge in [0.05, 0.1) is 6.20 Å². The summed E-state index contributed by atoms with van der Waals surface area (Å²) in [6, 6.07) is 0. The van der Waals surface area contributed by atoms with E-state index in [4.69, 9.17) is 0 Å². The Labute approximate surface area is 118 Å². The fraction of sp³-hybridized carbons (Fsp3) is 0.643. The summed E-state index contributed by atoms with van der Waals surface area (Å²) >= 11 is 0. The highest BCUT2D eigenvalue weighted by Gasteiger charge is 2.28. The van der Waals surface area contributed by atoms with Gasteiger partial charge in [-0.05, 0) is 19.8 Å². The molecule has 0 spiro atoms. The van der Waals surface area contributed by atoms with E-state index in [1.165, 1.54) is 0 Å². The molecule has 0 aliphatic carbocycles. The number of hydrogen-bond donors (Lipinski definition) is 2. The first-order chi connectivity index (χ1) is 9.49. The number of H-pyrrole nitrogens is 1. The molecule has 0 saturated carbocycles. The quantitative estimate of drug-likeness (QED) is 0.880. The average Bonchev–Trinajstić information content (AvgIpc) is 2.83. The fourth-order valence-corrected chi connectivity index (χ4v) is 2.43. The van der Waals surface area contributed by atoms with Crippen molar-refractivity contribution in [2.45, 2.75) is 33.6 Å². The van der Waals surface area contributed by atoms with E-state index in [0.29, 0.717) is 18.9 Å². The van der Waals surface area contributed by atoms with Gasteiger partial charge >= 0.3 is 0 Å². The molecular weight excluding hydrogens is 256 g/mol. The number of aromatic nitrogens is 2. The van der Waals surface area contributed by atoms with Crippen LogP contribution >= 0.6 is 0 Å². The highest BCUT2D eigenvalue weighted by molar-refractivity contribution is 5.92. The lowest BCUT2D eigenvalue weighted by molar-refractivity contribution is -0.137. The van der Waals surface area contributed by atoms with Gasteiger partial charge < -0.3 is 10.2 Å². The van der Waals surface area contributed by atoms with Crippen molar-refractivity contribution in [1.82, 2.24) is 15.1 Å². The second-order valence-corrected chi connectivity index (χ2v) is 5.67. The molecule has 2 N–H and O–H groups in total. The number of carbonyl (C=O) groups is 2. The summed E-state index contributed by atoms with van der Waals surface area (Å²) < 4.78 is 0. The zero-order chi connectivity index (χ0) is 14.7. The lowest BCUT2D eigenvalue weighted by Gasteiger charge is -2.32. The second kappa shape index (κ2) is 6.07. The van der Waals surface area contributed by atoms with Crippen LogP contribution in [0.3, 0.4) is 0 Å². The Kier molecular flexibility index (Phi) is 4.42. The zero-order valence-corrected chi connectivity index (χ0v) is 12.3. The Bertz CT molecular complexity index is 487. The first-order valence-corrected chi connectivity index (χ1v) is 7.08. The molecule has 2 amide bonds. The molecule has 0 atom stereocenters. The lowest BCUT2D eigenvalue weighted by atomic mass is 9.95. The topological polar surface area (TPSA) is 78.1 Å². The molecular formula is C14H22N4O2. The number of carbonyl (C=O) groups excluding carboxylic acids is 2. The van der Waals surface area contributed by atoms with E-state index in [1.807, 2.05) is 25.7 Å². The van der Waals surface area contributed by atoms with E-state index in [1.54, 1.807) is 6.20 Å². The van der Waals surface area contributed by atoms with Crippen LogP contribution < -0.4 is 5.32 Å². The van der Waals surface area contributed by atoms with Crippen molar-refractivity contribution in [3.05, 3.63) is 11.8 Å². The molecule has 2 rings (SSSR count). The average molecular weight is 278 g/mol. The van der Waals surface area contributed by atoms with Crippen molar-refractivity contribution in [3.63, 3.8) is 0 Å². The third-order valence-electron chi connectivity index (χ3n) is 3.75. The summed E-state index contributed by atoms with van der Waals surface area (Å²) in [5, 5.41) is 9.52. The van der Waals surface area contributed by atoms with Crippen LogP contribution in [0.2, 0.25) is 0 Å². The Morgan fingerprint density at radius 3 is 2.55 bits per heavy atom. The predicted molar refractivity (Wildman–Crippen MR) is 76.1 cm³/mol. The molecule has 20 heavy (non-hydrogen) atoms. The molecule has 1 aromatic rings. The van der Waals surface area contributed by atoms with Crippen LogP contribution in [0.4, 0.5) is 5.82 Å². The molecule has 1 aliphatic rings. The van der Waals surface area contributed by atoms with E-state index in [-0.39, 0.29) is 23.7 Å². The SMILES string of the molecule is Cc1cn[nH]c1NC(=O)C1CCN(C(=O)C(C)C)CC1. The maximum atomic E-state index is 12.2. The minimum absolute atomic E-state index is 0.00833. The smallest absolute Gasteiger partial charge is 0.228 e. The van der Waals surface area contributed by atoms with Crippen LogP contribution in [0.15, 0.2) is 6.20 Å². The van der Waals surface area contributed by atoms with Gasteiger partial charge in [0.15, 0.2) is 0 Å². The number of hydrogen-bond acceptors (Lipinski definition) is 3. The normalized spacial score (nSPS) is 16.5. The summed E-state index contributed by atoms with van der Waals surface area (Å²) in [6.45, 7) is 7.03. The highest BCUT2D eigenvalue weighted by atomic mass is 16.2. The summed E-state index contributed by atoms with van der Waals surface area (Å²) in [7, 11) is 0. The summed E-state index contributed by atoms with van der Waals surface area (Å²) in [6.07, 6.45) is 3.12. The van der Waals surface area contributed by atoms with Crippen LogP contribution in [0, 0.1) is 18.8 Å². The standard InChI is InChI=1S/C14H22N4O2/c1-9(2)14(20)18-6-4-11(5-7-18)13(19)16-12-10(3)8-15-17-12/h8-9,11H,4-7H2,1-3H3,(H2,15,16,17,19). The number of piperidine rings is 1. The Morgan fingerprint density at radius 2 is 2.05 bits per heavy atom. The number of anilines is 1. The van der Waals surface area contributed by atoms with Crippen molar-refractivity contribution in [1.29, 1.82) is 0 Å². The van der Waals surface area contributed by atoms with Gasteiger partial charge in [0.1, 0.15) is 5.82 Å². The number of aryl methyl sites for hydroxylation is 1. The Balaban J connectivity index is 1.86. The molecule has 6 nitrogen and oxygen atoms in total. The third kappa shape index (κ3) is 3.18. The van der Waals surface area contributed by atoms with Gasteiger partial charge in [0.2, 0.25) is 11.8 Å². The van der Waals surface area contributed by atoms with E-state index in [0.717, 1.165) is 18.4 Å². The van der Waals surface area contributed by atoms with Gasteiger partial charge in [0.25, 0.3) is 0 Å². The van der Waals surface area contributed by atoms with E-state index < -0.39 is 0 Å².